The van der Waals surface area contributed by atoms with Gasteiger partial charge in [-0.15, -0.1) is 0 Å². The van der Waals surface area contributed by atoms with Crippen molar-refractivity contribution in [2.75, 3.05) is 16.8 Å². The molecule has 4 rings (SSSR count). The van der Waals surface area contributed by atoms with Gasteiger partial charge in [0.1, 0.15) is 11.4 Å². The summed E-state index contributed by atoms with van der Waals surface area (Å²) in [7, 11) is 0. The van der Waals surface area contributed by atoms with Gasteiger partial charge >= 0.3 is 0 Å². The molecule has 31 heavy (non-hydrogen) atoms. The highest BCUT2D eigenvalue weighted by Gasteiger charge is 2.40. The molecule has 0 fully saturated rings. The predicted molar refractivity (Wildman–Crippen MR) is 123 cm³/mol. The summed E-state index contributed by atoms with van der Waals surface area (Å²) in [5.74, 6) is -0.0142. The number of amides is 2. The van der Waals surface area contributed by atoms with Crippen LogP contribution in [0, 0.1) is 13.8 Å². The second-order valence-electron chi connectivity index (χ2n) is 7.48. The Morgan fingerprint density at radius 1 is 0.839 bits per heavy atom. The summed E-state index contributed by atoms with van der Waals surface area (Å²) < 4.78 is 5.51. The van der Waals surface area contributed by atoms with Crippen LogP contribution < -0.4 is 15.0 Å². The lowest BCUT2D eigenvalue weighted by Gasteiger charge is -2.15. The van der Waals surface area contributed by atoms with Crippen molar-refractivity contribution in [1.29, 1.82) is 0 Å². The second-order valence-corrected chi connectivity index (χ2v) is 7.48. The number of anilines is 2. The average Bonchev–Trinajstić information content (AvgIpc) is 2.99. The predicted octanol–water partition coefficient (Wildman–Crippen LogP) is 5.10. The number of imide groups is 1. The van der Waals surface area contributed by atoms with Crippen LogP contribution in [0.2, 0.25) is 0 Å². The van der Waals surface area contributed by atoms with E-state index in [-0.39, 0.29) is 17.5 Å². The highest BCUT2D eigenvalue weighted by molar-refractivity contribution is 6.46. The largest absolute Gasteiger partial charge is 0.494 e. The lowest BCUT2D eigenvalue weighted by atomic mass is 10.0. The summed E-state index contributed by atoms with van der Waals surface area (Å²) in [5.41, 5.74) is 4.68. The Morgan fingerprint density at radius 2 is 1.55 bits per heavy atom. The third-order valence-electron chi connectivity index (χ3n) is 5.12. The van der Waals surface area contributed by atoms with Crippen molar-refractivity contribution < 1.29 is 14.3 Å². The third kappa shape index (κ3) is 4.08. The molecule has 0 saturated carbocycles. The molecule has 3 aromatic carbocycles. The van der Waals surface area contributed by atoms with E-state index >= 15 is 0 Å². The number of nitrogens with zero attached hydrogens (tertiary/aromatic N) is 1. The van der Waals surface area contributed by atoms with Gasteiger partial charge in [0.05, 0.1) is 17.9 Å². The fourth-order valence-corrected chi connectivity index (χ4v) is 3.59. The number of ether oxygens (including phenoxy) is 1. The monoisotopic (exact) mass is 412 g/mol. The summed E-state index contributed by atoms with van der Waals surface area (Å²) in [4.78, 5) is 28.1. The molecule has 0 atom stereocenters. The van der Waals surface area contributed by atoms with Crippen molar-refractivity contribution in [3.05, 3.63) is 95.2 Å². The van der Waals surface area contributed by atoms with E-state index in [1.807, 2.05) is 81.4 Å². The number of carbonyl (C=O) groups is 2. The van der Waals surface area contributed by atoms with Crippen molar-refractivity contribution >= 4 is 28.8 Å². The summed E-state index contributed by atoms with van der Waals surface area (Å²) in [6.45, 7) is 6.42. The SMILES string of the molecule is CCOc1ccc(C2=C(Nc3cccc(C)c3)C(=O)N(c3ccc(C)cc3)C2=O)cc1. The van der Waals surface area contributed by atoms with E-state index in [2.05, 4.69) is 5.32 Å². The Labute approximate surface area is 182 Å². The maximum Gasteiger partial charge on any atom is 0.282 e. The zero-order chi connectivity index (χ0) is 22.0. The molecule has 0 aliphatic carbocycles. The van der Waals surface area contributed by atoms with E-state index < -0.39 is 0 Å². The van der Waals surface area contributed by atoms with Crippen molar-refractivity contribution in [2.24, 2.45) is 0 Å². The minimum Gasteiger partial charge on any atom is -0.494 e. The zero-order valence-electron chi connectivity index (χ0n) is 17.8. The van der Waals surface area contributed by atoms with Crippen LogP contribution in [-0.2, 0) is 9.59 Å². The molecule has 0 radical (unpaired) electrons. The number of carbonyl (C=O) groups excluding carboxylic acids is 2. The Hall–Kier alpha value is -3.86. The molecular weight excluding hydrogens is 388 g/mol. The quantitative estimate of drug-likeness (QED) is 0.573. The van der Waals surface area contributed by atoms with Gasteiger partial charge in [0.2, 0.25) is 0 Å². The van der Waals surface area contributed by atoms with E-state index in [1.165, 1.54) is 4.90 Å². The molecule has 5 nitrogen and oxygen atoms in total. The first-order valence-electron chi connectivity index (χ1n) is 10.2. The molecule has 0 spiro atoms. The fraction of sp³-hybridized carbons (Fsp3) is 0.154. The highest BCUT2D eigenvalue weighted by atomic mass is 16.5. The lowest BCUT2D eigenvalue weighted by Crippen LogP contribution is -2.32. The topological polar surface area (TPSA) is 58.6 Å². The van der Waals surface area contributed by atoms with E-state index in [1.54, 1.807) is 12.1 Å². The molecule has 0 unspecified atom stereocenters. The third-order valence-corrected chi connectivity index (χ3v) is 5.12. The van der Waals surface area contributed by atoms with E-state index in [0.717, 1.165) is 16.8 Å². The molecule has 2 amide bonds. The molecule has 1 aliphatic heterocycles. The van der Waals surface area contributed by atoms with Crippen LogP contribution in [0.4, 0.5) is 11.4 Å². The molecule has 5 heteroatoms. The van der Waals surface area contributed by atoms with Gasteiger partial charge in [-0.05, 0) is 68.3 Å². The molecule has 0 bridgehead atoms. The van der Waals surface area contributed by atoms with Crippen LogP contribution >= 0.6 is 0 Å². The van der Waals surface area contributed by atoms with Gasteiger partial charge in [-0.1, -0.05) is 42.0 Å². The molecule has 156 valence electrons. The Balaban J connectivity index is 1.79. The van der Waals surface area contributed by atoms with Gasteiger partial charge in [-0.3, -0.25) is 9.59 Å². The summed E-state index contributed by atoms with van der Waals surface area (Å²) in [6, 6.07) is 22.3. The fourth-order valence-electron chi connectivity index (χ4n) is 3.59. The highest BCUT2D eigenvalue weighted by Crippen LogP contribution is 2.34. The number of rotatable bonds is 6. The molecule has 0 aromatic heterocycles. The maximum absolute atomic E-state index is 13.5. The molecule has 1 N–H and O–H groups in total. The second kappa shape index (κ2) is 8.48. The van der Waals surface area contributed by atoms with Gasteiger partial charge in [0.15, 0.2) is 0 Å². The first kappa shape index (κ1) is 20.4. The molecule has 1 heterocycles. The summed E-state index contributed by atoms with van der Waals surface area (Å²) in [5, 5.41) is 3.20. The van der Waals surface area contributed by atoms with Gasteiger partial charge in [0.25, 0.3) is 11.8 Å². The average molecular weight is 412 g/mol. The van der Waals surface area contributed by atoms with Crippen LogP contribution in [0.1, 0.15) is 23.6 Å². The van der Waals surface area contributed by atoms with Crippen LogP contribution in [0.15, 0.2) is 78.5 Å². The zero-order valence-corrected chi connectivity index (χ0v) is 17.8. The van der Waals surface area contributed by atoms with E-state index in [0.29, 0.717) is 29.2 Å². The lowest BCUT2D eigenvalue weighted by molar-refractivity contribution is -0.120. The number of hydrogen-bond acceptors (Lipinski definition) is 4. The first-order chi connectivity index (χ1) is 15.0. The van der Waals surface area contributed by atoms with Crippen molar-refractivity contribution in [2.45, 2.75) is 20.8 Å². The maximum atomic E-state index is 13.5. The molecule has 3 aromatic rings. The van der Waals surface area contributed by atoms with Gasteiger partial charge in [-0.2, -0.15) is 0 Å². The van der Waals surface area contributed by atoms with Crippen LogP contribution in [0.3, 0.4) is 0 Å². The minimum atomic E-state index is -0.376. The van der Waals surface area contributed by atoms with Crippen LogP contribution in [0.5, 0.6) is 5.75 Å². The molecule has 0 saturated heterocycles. The number of hydrogen-bond donors (Lipinski definition) is 1. The number of nitrogens with one attached hydrogen (secondary N) is 1. The summed E-state index contributed by atoms with van der Waals surface area (Å²) >= 11 is 0. The Kier molecular flexibility index (Phi) is 5.58. The first-order valence-corrected chi connectivity index (χ1v) is 10.2. The van der Waals surface area contributed by atoms with Crippen LogP contribution in [-0.4, -0.2) is 18.4 Å². The summed E-state index contributed by atoms with van der Waals surface area (Å²) in [6.07, 6.45) is 0. The standard InChI is InChI=1S/C26H24N2O3/c1-4-31-22-14-10-19(11-15-22)23-24(27-20-7-5-6-18(3)16-20)26(30)28(25(23)29)21-12-8-17(2)9-13-21/h5-16,27H,4H2,1-3H3. The minimum absolute atomic E-state index is 0.264. The normalized spacial score (nSPS) is 13.7. The van der Waals surface area contributed by atoms with Gasteiger partial charge in [-0.25, -0.2) is 4.90 Å². The van der Waals surface area contributed by atoms with Crippen molar-refractivity contribution in [1.82, 2.24) is 0 Å². The Morgan fingerprint density at radius 3 is 2.19 bits per heavy atom. The number of aryl methyl sites for hydroxylation is 2. The Bertz CT molecular complexity index is 1160. The van der Waals surface area contributed by atoms with E-state index in [9.17, 15) is 9.59 Å². The van der Waals surface area contributed by atoms with Crippen LogP contribution in [0.25, 0.3) is 5.57 Å². The van der Waals surface area contributed by atoms with E-state index in [4.69, 9.17) is 4.74 Å². The molecule has 1 aliphatic rings. The van der Waals surface area contributed by atoms with Gasteiger partial charge in [0, 0.05) is 5.69 Å². The number of benzene rings is 3. The van der Waals surface area contributed by atoms with Crippen molar-refractivity contribution in [3.8, 4) is 5.75 Å². The van der Waals surface area contributed by atoms with Crippen molar-refractivity contribution in [3.63, 3.8) is 0 Å². The smallest absolute Gasteiger partial charge is 0.282 e. The molecular formula is C26H24N2O3. The van der Waals surface area contributed by atoms with Gasteiger partial charge < -0.3 is 10.1 Å².